The van der Waals surface area contributed by atoms with E-state index in [1.807, 2.05) is 60.7 Å². The lowest BCUT2D eigenvalue weighted by Crippen LogP contribution is -2.36. The second-order valence-corrected chi connectivity index (χ2v) is 3.79. The van der Waals surface area contributed by atoms with Crippen molar-refractivity contribution in [3.05, 3.63) is 66.2 Å². The molecule has 0 amide bonds. The largest absolute Gasteiger partial charge is 0.325 e. The van der Waals surface area contributed by atoms with Gasteiger partial charge in [-0.3, -0.25) is 5.43 Å². The van der Waals surface area contributed by atoms with Crippen LogP contribution in [0.25, 0.3) is 0 Å². The Kier molecular flexibility index (Phi) is 4.33. The van der Waals surface area contributed by atoms with Crippen LogP contribution in [0.15, 0.2) is 65.7 Å². The van der Waals surface area contributed by atoms with Crippen molar-refractivity contribution in [1.82, 2.24) is 5.43 Å². The predicted molar refractivity (Wildman–Crippen MR) is 75.0 cm³/mol. The van der Waals surface area contributed by atoms with E-state index in [0.29, 0.717) is 12.5 Å². The highest BCUT2D eigenvalue weighted by atomic mass is 15.3. The zero-order valence-corrected chi connectivity index (χ0v) is 10.0. The number of nitrogens with two attached hydrogens (primary N) is 1. The molecule has 4 N–H and O–H groups in total. The molecule has 18 heavy (non-hydrogen) atoms. The SMILES string of the molecule is NNC(=NCc1ccccc1)Nc1ccccc1. The Hall–Kier alpha value is -2.33. The highest BCUT2D eigenvalue weighted by Crippen LogP contribution is 2.05. The van der Waals surface area contributed by atoms with E-state index in [9.17, 15) is 0 Å². The quantitative estimate of drug-likeness (QED) is 0.333. The molecular formula is C14H16N4. The molecule has 0 aliphatic rings. The molecule has 0 saturated heterocycles. The molecular weight excluding hydrogens is 224 g/mol. The monoisotopic (exact) mass is 240 g/mol. The molecule has 0 fully saturated rings. The third-order valence-electron chi connectivity index (χ3n) is 2.44. The summed E-state index contributed by atoms with van der Waals surface area (Å²) >= 11 is 0. The van der Waals surface area contributed by atoms with Crippen LogP contribution >= 0.6 is 0 Å². The Morgan fingerprint density at radius 2 is 1.56 bits per heavy atom. The van der Waals surface area contributed by atoms with Gasteiger partial charge in [0, 0.05) is 5.69 Å². The Morgan fingerprint density at radius 1 is 0.944 bits per heavy atom. The number of para-hydroxylation sites is 1. The molecule has 0 aromatic heterocycles. The second-order valence-electron chi connectivity index (χ2n) is 3.79. The third-order valence-corrected chi connectivity index (χ3v) is 2.44. The predicted octanol–water partition coefficient (Wildman–Crippen LogP) is 2.12. The van der Waals surface area contributed by atoms with E-state index < -0.39 is 0 Å². The summed E-state index contributed by atoms with van der Waals surface area (Å²) in [5, 5.41) is 3.11. The molecule has 2 aromatic carbocycles. The summed E-state index contributed by atoms with van der Waals surface area (Å²) in [6.07, 6.45) is 0. The van der Waals surface area contributed by atoms with Crippen LogP contribution in [-0.2, 0) is 6.54 Å². The number of hydrazine groups is 1. The lowest BCUT2D eigenvalue weighted by Gasteiger charge is -2.08. The van der Waals surface area contributed by atoms with Crippen LogP contribution in [0.2, 0.25) is 0 Å². The summed E-state index contributed by atoms with van der Waals surface area (Å²) in [6, 6.07) is 19.8. The molecule has 0 atom stereocenters. The standard InChI is InChI=1S/C14H16N4/c15-18-14(17-13-9-5-2-6-10-13)16-11-12-7-3-1-4-8-12/h1-10H,11,15H2,(H2,16,17,18). The number of nitrogens with zero attached hydrogens (tertiary/aromatic N) is 1. The lowest BCUT2D eigenvalue weighted by molar-refractivity contribution is 0.968. The summed E-state index contributed by atoms with van der Waals surface area (Å²) in [7, 11) is 0. The van der Waals surface area contributed by atoms with Gasteiger partial charge in [-0.15, -0.1) is 0 Å². The van der Waals surface area contributed by atoms with Crippen LogP contribution in [0.4, 0.5) is 5.69 Å². The smallest absolute Gasteiger partial charge is 0.210 e. The van der Waals surface area contributed by atoms with E-state index in [2.05, 4.69) is 15.7 Å². The molecule has 0 saturated carbocycles. The third kappa shape index (κ3) is 3.61. The van der Waals surface area contributed by atoms with Crippen molar-refractivity contribution in [2.45, 2.75) is 6.54 Å². The van der Waals surface area contributed by atoms with Crippen LogP contribution in [0.3, 0.4) is 0 Å². The molecule has 4 heteroatoms. The zero-order valence-electron chi connectivity index (χ0n) is 10.0. The number of hydrogen-bond acceptors (Lipinski definition) is 2. The maximum atomic E-state index is 5.44. The molecule has 2 rings (SSSR count). The van der Waals surface area contributed by atoms with Crippen LogP contribution in [0.1, 0.15) is 5.56 Å². The fourth-order valence-corrected chi connectivity index (χ4v) is 1.53. The Morgan fingerprint density at radius 3 is 2.17 bits per heavy atom. The van der Waals surface area contributed by atoms with Crippen molar-refractivity contribution in [2.75, 3.05) is 5.32 Å². The highest BCUT2D eigenvalue weighted by Gasteiger charge is 1.97. The number of anilines is 1. The van der Waals surface area contributed by atoms with E-state index in [1.165, 1.54) is 0 Å². The first-order valence-electron chi connectivity index (χ1n) is 5.75. The van der Waals surface area contributed by atoms with Gasteiger partial charge in [0.05, 0.1) is 6.54 Å². The molecule has 0 radical (unpaired) electrons. The molecule has 0 aliphatic heterocycles. The minimum absolute atomic E-state index is 0.546. The van der Waals surface area contributed by atoms with Crippen LogP contribution in [0, 0.1) is 0 Å². The van der Waals surface area contributed by atoms with Gasteiger partial charge in [-0.05, 0) is 17.7 Å². The van der Waals surface area contributed by atoms with Gasteiger partial charge in [-0.2, -0.15) is 0 Å². The van der Waals surface area contributed by atoms with Gasteiger partial charge < -0.3 is 5.32 Å². The normalized spacial score (nSPS) is 11.1. The summed E-state index contributed by atoms with van der Waals surface area (Å²) in [4.78, 5) is 4.38. The van der Waals surface area contributed by atoms with Crippen molar-refractivity contribution < 1.29 is 0 Å². The molecule has 0 heterocycles. The first kappa shape index (κ1) is 12.1. The number of aliphatic imine (C=N–C) groups is 1. The van der Waals surface area contributed by atoms with Crippen molar-refractivity contribution in [3.63, 3.8) is 0 Å². The van der Waals surface area contributed by atoms with Crippen LogP contribution in [-0.4, -0.2) is 5.96 Å². The van der Waals surface area contributed by atoms with Gasteiger partial charge in [-0.1, -0.05) is 48.5 Å². The summed E-state index contributed by atoms with van der Waals surface area (Å²) in [6.45, 7) is 0.584. The van der Waals surface area contributed by atoms with E-state index in [4.69, 9.17) is 5.84 Å². The summed E-state index contributed by atoms with van der Waals surface area (Å²) < 4.78 is 0. The van der Waals surface area contributed by atoms with Crippen molar-refractivity contribution in [1.29, 1.82) is 0 Å². The fraction of sp³-hybridized carbons (Fsp3) is 0.0714. The Labute approximate surface area is 107 Å². The number of hydrogen-bond donors (Lipinski definition) is 3. The zero-order chi connectivity index (χ0) is 12.6. The molecule has 0 spiro atoms. The molecule has 0 unspecified atom stereocenters. The van der Waals surface area contributed by atoms with Gasteiger partial charge in [0.1, 0.15) is 0 Å². The maximum Gasteiger partial charge on any atom is 0.210 e. The summed E-state index contributed by atoms with van der Waals surface area (Å²) in [5.74, 6) is 5.99. The Balaban J connectivity index is 2.00. The van der Waals surface area contributed by atoms with E-state index in [0.717, 1.165) is 11.3 Å². The average Bonchev–Trinajstić information content (AvgIpc) is 2.45. The van der Waals surface area contributed by atoms with Crippen molar-refractivity contribution >= 4 is 11.6 Å². The first-order valence-corrected chi connectivity index (χ1v) is 5.75. The minimum Gasteiger partial charge on any atom is -0.325 e. The number of guanidine groups is 1. The number of nitrogens with one attached hydrogen (secondary N) is 2. The average molecular weight is 240 g/mol. The Bertz CT molecular complexity index is 494. The van der Waals surface area contributed by atoms with Crippen LogP contribution in [0.5, 0.6) is 0 Å². The van der Waals surface area contributed by atoms with Crippen molar-refractivity contribution in [2.24, 2.45) is 10.8 Å². The lowest BCUT2D eigenvalue weighted by atomic mass is 10.2. The van der Waals surface area contributed by atoms with Gasteiger partial charge in [0.2, 0.25) is 5.96 Å². The molecule has 2 aromatic rings. The highest BCUT2D eigenvalue weighted by molar-refractivity contribution is 5.93. The first-order chi connectivity index (χ1) is 8.88. The number of benzene rings is 2. The maximum absolute atomic E-state index is 5.44. The van der Waals surface area contributed by atoms with E-state index in [-0.39, 0.29) is 0 Å². The van der Waals surface area contributed by atoms with E-state index >= 15 is 0 Å². The van der Waals surface area contributed by atoms with Gasteiger partial charge >= 0.3 is 0 Å². The minimum atomic E-state index is 0.546. The fourth-order valence-electron chi connectivity index (χ4n) is 1.53. The van der Waals surface area contributed by atoms with Gasteiger partial charge in [0.25, 0.3) is 0 Å². The van der Waals surface area contributed by atoms with E-state index in [1.54, 1.807) is 0 Å². The molecule has 4 nitrogen and oxygen atoms in total. The van der Waals surface area contributed by atoms with Crippen molar-refractivity contribution in [3.8, 4) is 0 Å². The van der Waals surface area contributed by atoms with Gasteiger partial charge in [0.15, 0.2) is 0 Å². The van der Waals surface area contributed by atoms with Crippen LogP contribution < -0.4 is 16.6 Å². The topological polar surface area (TPSA) is 62.4 Å². The molecule has 92 valence electrons. The number of rotatable bonds is 3. The van der Waals surface area contributed by atoms with Gasteiger partial charge in [-0.25, -0.2) is 10.8 Å². The summed E-state index contributed by atoms with van der Waals surface area (Å²) in [5.41, 5.74) is 4.65. The molecule has 0 bridgehead atoms. The molecule has 0 aliphatic carbocycles. The second kappa shape index (κ2) is 6.42.